The number of carbonyl (C=O) groups is 1. The fourth-order valence-corrected chi connectivity index (χ4v) is 1.08. The molecule has 86 valence electrons. The normalized spacial score (nSPS) is 9.81. The van der Waals surface area contributed by atoms with Crippen molar-refractivity contribution in [3.05, 3.63) is 27.8 Å². The molecule has 1 aromatic rings. The van der Waals surface area contributed by atoms with Crippen LogP contribution in [0.2, 0.25) is 0 Å². The van der Waals surface area contributed by atoms with Crippen molar-refractivity contribution in [2.75, 3.05) is 6.61 Å². The molecule has 7 heteroatoms. The molecule has 7 nitrogen and oxygen atoms in total. The Labute approximate surface area is 90.0 Å². The Morgan fingerprint density at radius 3 is 2.56 bits per heavy atom. The van der Waals surface area contributed by atoms with Gasteiger partial charge in [0, 0.05) is 12.1 Å². The van der Waals surface area contributed by atoms with Gasteiger partial charge in [-0.05, 0) is 6.92 Å². The predicted molar refractivity (Wildman–Crippen MR) is 52.4 cm³/mol. The van der Waals surface area contributed by atoms with E-state index in [-0.39, 0.29) is 12.2 Å². The van der Waals surface area contributed by atoms with Crippen molar-refractivity contribution in [3.63, 3.8) is 0 Å². The van der Waals surface area contributed by atoms with E-state index in [1.165, 1.54) is 0 Å². The SMILES string of the molecule is CCOC(=O)c1cc([N+](=O)[O-])c(O)cc1O. The summed E-state index contributed by atoms with van der Waals surface area (Å²) in [6, 6.07) is 1.49. The zero-order valence-corrected chi connectivity index (χ0v) is 8.34. The van der Waals surface area contributed by atoms with Gasteiger partial charge in [-0.15, -0.1) is 0 Å². The number of esters is 1. The van der Waals surface area contributed by atoms with Crippen LogP contribution in [0.5, 0.6) is 11.5 Å². The zero-order chi connectivity index (χ0) is 12.3. The van der Waals surface area contributed by atoms with Gasteiger partial charge in [-0.25, -0.2) is 4.79 Å². The molecule has 0 saturated carbocycles. The monoisotopic (exact) mass is 227 g/mol. The Morgan fingerprint density at radius 2 is 2.06 bits per heavy atom. The van der Waals surface area contributed by atoms with Gasteiger partial charge in [0.2, 0.25) is 0 Å². The zero-order valence-electron chi connectivity index (χ0n) is 8.34. The first-order valence-electron chi connectivity index (χ1n) is 4.34. The van der Waals surface area contributed by atoms with E-state index in [4.69, 9.17) is 5.11 Å². The number of carbonyl (C=O) groups excluding carboxylic acids is 1. The highest BCUT2D eigenvalue weighted by molar-refractivity contribution is 5.93. The molecule has 1 aromatic carbocycles. The van der Waals surface area contributed by atoms with Crippen LogP contribution in [0.25, 0.3) is 0 Å². The van der Waals surface area contributed by atoms with Crippen molar-refractivity contribution >= 4 is 11.7 Å². The van der Waals surface area contributed by atoms with E-state index in [1.807, 2.05) is 0 Å². The molecule has 0 saturated heterocycles. The number of rotatable bonds is 3. The van der Waals surface area contributed by atoms with Gasteiger partial charge in [0.25, 0.3) is 0 Å². The van der Waals surface area contributed by atoms with E-state index in [0.29, 0.717) is 0 Å². The van der Waals surface area contributed by atoms with Gasteiger partial charge in [-0.3, -0.25) is 10.1 Å². The molecule has 1 rings (SSSR count). The summed E-state index contributed by atoms with van der Waals surface area (Å²) in [6.07, 6.45) is 0. The number of nitro benzene ring substituents is 1. The number of benzene rings is 1. The maximum absolute atomic E-state index is 11.3. The van der Waals surface area contributed by atoms with E-state index in [0.717, 1.165) is 12.1 Å². The molecule has 0 radical (unpaired) electrons. The van der Waals surface area contributed by atoms with Crippen molar-refractivity contribution in [3.8, 4) is 11.5 Å². The summed E-state index contributed by atoms with van der Waals surface area (Å²) >= 11 is 0. The lowest BCUT2D eigenvalue weighted by Crippen LogP contribution is -2.05. The van der Waals surface area contributed by atoms with E-state index in [2.05, 4.69) is 4.74 Å². The summed E-state index contributed by atoms with van der Waals surface area (Å²) in [5, 5.41) is 28.9. The fourth-order valence-electron chi connectivity index (χ4n) is 1.08. The van der Waals surface area contributed by atoms with Gasteiger partial charge in [0.15, 0.2) is 5.75 Å². The molecule has 0 aromatic heterocycles. The Hall–Kier alpha value is -2.31. The van der Waals surface area contributed by atoms with Crippen LogP contribution in [0.15, 0.2) is 12.1 Å². The summed E-state index contributed by atoms with van der Waals surface area (Å²) in [6.45, 7) is 1.64. The second kappa shape index (κ2) is 4.47. The smallest absolute Gasteiger partial charge is 0.342 e. The molecule has 0 aliphatic rings. The highest BCUT2D eigenvalue weighted by atomic mass is 16.6. The number of phenols is 2. The minimum atomic E-state index is -0.886. The Morgan fingerprint density at radius 1 is 1.44 bits per heavy atom. The van der Waals surface area contributed by atoms with Crippen LogP contribution in [0.4, 0.5) is 5.69 Å². The van der Waals surface area contributed by atoms with Gasteiger partial charge in [-0.1, -0.05) is 0 Å². The first-order chi connectivity index (χ1) is 7.47. The number of nitrogens with zero attached hydrogens (tertiary/aromatic N) is 1. The molecule has 0 heterocycles. The second-order valence-corrected chi connectivity index (χ2v) is 2.84. The van der Waals surface area contributed by atoms with E-state index in [9.17, 15) is 20.0 Å². The minimum Gasteiger partial charge on any atom is -0.507 e. The summed E-state index contributed by atoms with van der Waals surface area (Å²) in [7, 11) is 0. The topological polar surface area (TPSA) is 110 Å². The van der Waals surface area contributed by atoms with Crippen molar-refractivity contribution in [1.29, 1.82) is 0 Å². The minimum absolute atomic E-state index is 0.0763. The fraction of sp³-hybridized carbons (Fsp3) is 0.222. The number of hydrogen-bond donors (Lipinski definition) is 2. The third kappa shape index (κ3) is 2.19. The number of phenolic OH excluding ortho intramolecular Hbond substituents is 2. The van der Waals surface area contributed by atoms with Crippen molar-refractivity contribution in [2.24, 2.45) is 0 Å². The van der Waals surface area contributed by atoms with Crippen LogP contribution in [0, 0.1) is 10.1 Å². The lowest BCUT2D eigenvalue weighted by Gasteiger charge is -2.04. The Bertz CT molecular complexity index is 442. The second-order valence-electron chi connectivity index (χ2n) is 2.84. The molecule has 2 N–H and O–H groups in total. The molecule has 16 heavy (non-hydrogen) atoms. The molecule has 0 amide bonds. The molecule has 0 atom stereocenters. The molecular weight excluding hydrogens is 218 g/mol. The van der Waals surface area contributed by atoms with Crippen LogP contribution in [-0.2, 0) is 4.74 Å². The van der Waals surface area contributed by atoms with E-state index >= 15 is 0 Å². The first kappa shape index (κ1) is 11.8. The Kier molecular flexibility index (Phi) is 3.29. The van der Waals surface area contributed by atoms with Crippen LogP contribution in [-0.4, -0.2) is 27.7 Å². The van der Waals surface area contributed by atoms with E-state index < -0.39 is 28.1 Å². The summed E-state index contributed by atoms with van der Waals surface area (Å²) < 4.78 is 4.58. The molecule has 0 aliphatic carbocycles. The standard InChI is InChI=1S/C9H9NO6/c1-2-16-9(13)5-3-6(10(14)15)8(12)4-7(5)11/h3-4,11-12H,2H2,1H3. The molecular formula is C9H9NO6. The third-order valence-corrected chi connectivity index (χ3v) is 1.78. The molecule has 0 spiro atoms. The maximum atomic E-state index is 11.3. The Balaban J connectivity index is 3.24. The molecule has 0 bridgehead atoms. The molecule has 0 unspecified atom stereocenters. The average molecular weight is 227 g/mol. The van der Waals surface area contributed by atoms with Gasteiger partial charge in [0.1, 0.15) is 11.3 Å². The van der Waals surface area contributed by atoms with Crippen molar-refractivity contribution < 1.29 is 24.7 Å². The lowest BCUT2D eigenvalue weighted by molar-refractivity contribution is -0.385. The van der Waals surface area contributed by atoms with Crippen LogP contribution in [0.3, 0.4) is 0 Å². The largest absolute Gasteiger partial charge is 0.507 e. The van der Waals surface area contributed by atoms with E-state index in [1.54, 1.807) is 6.92 Å². The average Bonchev–Trinajstić information content (AvgIpc) is 2.17. The van der Waals surface area contributed by atoms with Crippen molar-refractivity contribution in [1.82, 2.24) is 0 Å². The van der Waals surface area contributed by atoms with Gasteiger partial charge < -0.3 is 14.9 Å². The van der Waals surface area contributed by atoms with Crippen LogP contribution in [0.1, 0.15) is 17.3 Å². The summed E-state index contributed by atoms with van der Waals surface area (Å²) in [5.41, 5.74) is -1.02. The molecule has 0 fully saturated rings. The first-order valence-corrected chi connectivity index (χ1v) is 4.34. The third-order valence-electron chi connectivity index (χ3n) is 1.78. The number of hydrogen-bond acceptors (Lipinski definition) is 6. The maximum Gasteiger partial charge on any atom is 0.342 e. The van der Waals surface area contributed by atoms with Crippen LogP contribution < -0.4 is 0 Å². The number of aromatic hydroxyl groups is 2. The highest BCUT2D eigenvalue weighted by Gasteiger charge is 2.22. The van der Waals surface area contributed by atoms with Crippen LogP contribution >= 0.6 is 0 Å². The lowest BCUT2D eigenvalue weighted by atomic mass is 10.1. The van der Waals surface area contributed by atoms with Gasteiger partial charge in [0.05, 0.1) is 11.5 Å². The number of nitro groups is 1. The van der Waals surface area contributed by atoms with Crippen molar-refractivity contribution in [2.45, 2.75) is 6.92 Å². The quantitative estimate of drug-likeness (QED) is 0.455. The number of ether oxygens (including phenoxy) is 1. The molecule has 0 aliphatic heterocycles. The predicted octanol–water partition coefficient (Wildman–Crippen LogP) is 1.18. The van der Waals surface area contributed by atoms with Gasteiger partial charge in [-0.2, -0.15) is 0 Å². The van der Waals surface area contributed by atoms with Gasteiger partial charge >= 0.3 is 11.7 Å². The highest BCUT2D eigenvalue weighted by Crippen LogP contribution is 2.33. The summed E-state index contributed by atoms with van der Waals surface area (Å²) in [4.78, 5) is 20.9. The summed E-state index contributed by atoms with van der Waals surface area (Å²) in [5.74, 6) is -2.17.